The van der Waals surface area contributed by atoms with Gasteiger partial charge in [0.25, 0.3) is 5.91 Å². The highest BCUT2D eigenvalue weighted by atomic mass is 79.9. The first-order valence-electron chi connectivity index (χ1n) is 8.35. The number of carbonyl (C=O) groups excluding carboxylic acids is 3. The molecule has 0 radical (unpaired) electrons. The van der Waals surface area contributed by atoms with Crippen LogP contribution < -0.4 is 15.5 Å². The maximum Gasteiger partial charge on any atom is 0.310 e. The van der Waals surface area contributed by atoms with Crippen molar-refractivity contribution in [2.75, 3.05) is 11.4 Å². The number of benzene rings is 2. The van der Waals surface area contributed by atoms with Crippen LogP contribution in [0.4, 0.5) is 5.69 Å². The lowest BCUT2D eigenvalue weighted by Crippen LogP contribution is -2.44. The highest BCUT2D eigenvalue weighted by Crippen LogP contribution is 2.37. The van der Waals surface area contributed by atoms with E-state index in [0.717, 1.165) is 10.2 Å². The van der Waals surface area contributed by atoms with E-state index >= 15 is 0 Å². The topological polar surface area (TPSA) is 78.5 Å². The molecular formula is C19H17BrClN3O3. The third-order valence-electron chi connectivity index (χ3n) is 4.30. The first kappa shape index (κ1) is 19.4. The van der Waals surface area contributed by atoms with Crippen molar-refractivity contribution in [1.29, 1.82) is 0 Å². The summed E-state index contributed by atoms with van der Waals surface area (Å²) in [5.74, 6) is -1.96. The average Bonchev–Trinajstić information content (AvgIpc) is 2.91. The second kappa shape index (κ2) is 8.10. The van der Waals surface area contributed by atoms with Gasteiger partial charge in [0.15, 0.2) is 0 Å². The summed E-state index contributed by atoms with van der Waals surface area (Å²) in [6.07, 6.45) is 0. The van der Waals surface area contributed by atoms with Gasteiger partial charge < -0.3 is 15.5 Å². The van der Waals surface area contributed by atoms with E-state index < -0.39 is 17.9 Å². The molecule has 3 rings (SSSR count). The molecule has 3 amide bonds. The molecule has 0 saturated carbocycles. The molecule has 140 valence electrons. The summed E-state index contributed by atoms with van der Waals surface area (Å²) in [5, 5.41) is 5.55. The summed E-state index contributed by atoms with van der Waals surface area (Å²) in [5.41, 5.74) is 2.08. The molecule has 1 atom stereocenters. The zero-order valence-electron chi connectivity index (χ0n) is 14.5. The Balaban J connectivity index is 1.70. The van der Waals surface area contributed by atoms with E-state index in [0.29, 0.717) is 22.7 Å². The van der Waals surface area contributed by atoms with E-state index in [9.17, 15) is 14.4 Å². The predicted molar refractivity (Wildman–Crippen MR) is 106 cm³/mol. The summed E-state index contributed by atoms with van der Waals surface area (Å²) in [6.45, 7) is 2.44. The molecular weight excluding hydrogens is 434 g/mol. The van der Waals surface area contributed by atoms with Gasteiger partial charge in [-0.15, -0.1) is 0 Å². The minimum atomic E-state index is -0.893. The average molecular weight is 451 g/mol. The molecule has 0 unspecified atom stereocenters. The number of rotatable bonds is 4. The molecule has 0 aliphatic carbocycles. The number of amides is 3. The molecule has 6 nitrogen and oxygen atoms in total. The lowest BCUT2D eigenvalue weighted by molar-refractivity contribution is -0.140. The lowest BCUT2D eigenvalue weighted by Gasteiger charge is -2.15. The van der Waals surface area contributed by atoms with E-state index in [1.807, 2.05) is 19.1 Å². The third kappa shape index (κ3) is 3.99. The third-order valence-corrected chi connectivity index (χ3v) is 5.16. The number of fused-ring (bicyclic) bond motifs is 1. The van der Waals surface area contributed by atoms with Gasteiger partial charge in [0, 0.05) is 33.8 Å². The lowest BCUT2D eigenvalue weighted by atomic mass is 10.1. The van der Waals surface area contributed by atoms with Crippen LogP contribution in [-0.2, 0) is 20.9 Å². The second-order valence-corrected chi connectivity index (χ2v) is 7.29. The monoisotopic (exact) mass is 449 g/mol. The summed E-state index contributed by atoms with van der Waals surface area (Å²) >= 11 is 9.41. The molecule has 27 heavy (non-hydrogen) atoms. The fraction of sp³-hybridized carbons (Fsp3) is 0.211. The Morgan fingerprint density at radius 1 is 1.19 bits per heavy atom. The Morgan fingerprint density at radius 2 is 1.93 bits per heavy atom. The van der Waals surface area contributed by atoms with Crippen molar-refractivity contribution in [2.24, 2.45) is 0 Å². The molecule has 1 aliphatic rings. The second-order valence-electron chi connectivity index (χ2n) is 5.97. The summed E-state index contributed by atoms with van der Waals surface area (Å²) < 4.78 is 0.787. The minimum Gasteiger partial charge on any atom is -0.344 e. The highest BCUT2D eigenvalue weighted by molar-refractivity contribution is 9.10. The predicted octanol–water partition coefficient (Wildman–Crippen LogP) is 2.94. The van der Waals surface area contributed by atoms with Crippen LogP contribution in [0.2, 0.25) is 5.02 Å². The van der Waals surface area contributed by atoms with E-state index in [2.05, 4.69) is 26.6 Å². The smallest absolute Gasteiger partial charge is 0.310 e. The van der Waals surface area contributed by atoms with Crippen LogP contribution in [0.3, 0.4) is 0 Å². The largest absolute Gasteiger partial charge is 0.344 e. The number of anilines is 1. The van der Waals surface area contributed by atoms with Crippen molar-refractivity contribution in [3.63, 3.8) is 0 Å². The van der Waals surface area contributed by atoms with Gasteiger partial charge in [-0.25, -0.2) is 0 Å². The van der Waals surface area contributed by atoms with Crippen molar-refractivity contribution in [3.8, 4) is 0 Å². The fourth-order valence-electron chi connectivity index (χ4n) is 2.97. The zero-order chi connectivity index (χ0) is 19.6. The number of nitrogens with zero attached hydrogens (tertiary/aromatic N) is 1. The standard InChI is InChI=1S/C19H17BrClN3O3/c1-2-24-15-8-7-12(20)9-13(15)16(19(24)27)23-18(26)17(25)22-10-11-5-3-4-6-14(11)21/h3-9,16H,2,10H2,1H3,(H,22,25)(H,23,26)/t16-/m0/s1. The van der Waals surface area contributed by atoms with Gasteiger partial charge >= 0.3 is 11.8 Å². The Hall–Kier alpha value is -2.38. The SMILES string of the molecule is CCN1C(=O)[C@@H](NC(=O)C(=O)NCc2ccccc2Cl)c2cc(Br)ccc21. The highest BCUT2D eigenvalue weighted by Gasteiger charge is 2.38. The molecule has 2 aromatic carbocycles. The number of hydrogen-bond donors (Lipinski definition) is 2. The molecule has 0 aromatic heterocycles. The Labute approximate surface area is 170 Å². The van der Waals surface area contributed by atoms with Crippen molar-refractivity contribution < 1.29 is 14.4 Å². The van der Waals surface area contributed by atoms with Crippen LogP contribution in [-0.4, -0.2) is 24.3 Å². The molecule has 2 N–H and O–H groups in total. The first-order chi connectivity index (χ1) is 12.9. The molecule has 0 saturated heterocycles. The Bertz CT molecular complexity index is 919. The number of hydrogen-bond acceptors (Lipinski definition) is 3. The van der Waals surface area contributed by atoms with Gasteiger partial charge in [-0.3, -0.25) is 14.4 Å². The van der Waals surface area contributed by atoms with Gasteiger partial charge in [-0.1, -0.05) is 45.7 Å². The van der Waals surface area contributed by atoms with Crippen molar-refractivity contribution in [1.82, 2.24) is 10.6 Å². The van der Waals surface area contributed by atoms with Crippen molar-refractivity contribution in [2.45, 2.75) is 19.5 Å². The Kier molecular flexibility index (Phi) is 5.82. The van der Waals surface area contributed by atoms with Crippen LogP contribution in [0.25, 0.3) is 0 Å². The maximum absolute atomic E-state index is 12.6. The van der Waals surface area contributed by atoms with Gasteiger partial charge in [0.05, 0.1) is 0 Å². The number of likely N-dealkylation sites (N-methyl/N-ethyl adjacent to an activating group) is 1. The molecule has 1 aliphatic heterocycles. The van der Waals surface area contributed by atoms with E-state index in [4.69, 9.17) is 11.6 Å². The van der Waals surface area contributed by atoms with E-state index in [1.54, 1.807) is 35.2 Å². The zero-order valence-corrected chi connectivity index (χ0v) is 16.8. The molecule has 2 aromatic rings. The van der Waals surface area contributed by atoms with Crippen LogP contribution in [0.5, 0.6) is 0 Å². The Morgan fingerprint density at radius 3 is 2.63 bits per heavy atom. The first-order valence-corrected chi connectivity index (χ1v) is 9.52. The van der Waals surface area contributed by atoms with Crippen molar-refractivity contribution >= 4 is 50.9 Å². The van der Waals surface area contributed by atoms with Crippen LogP contribution in [0.1, 0.15) is 24.1 Å². The molecule has 0 bridgehead atoms. The number of carbonyl (C=O) groups is 3. The summed E-state index contributed by atoms with van der Waals surface area (Å²) in [7, 11) is 0. The van der Waals surface area contributed by atoms with Crippen LogP contribution >= 0.6 is 27.5 Å². The van der Waals surface area contributed by atoms with Crippen molar-refractivity contribution in [3.05, 3.63) is 63.1 Å². The van der Waals surface area contributed by atoms with Gasteiger partial charge in [0.2, 0.25) is 0 Å². The number of nitrogens with one attached hydrogen (secondary N) is 2. The molecule has 0 spiro atoms. The normalized spacial score (nSPS) is 15.4. The summed E-state index contributed by atoms with van der Waals surface area (Å²) in [6, 6.07) is 11.5. The van der Waals surface area contributed by atoms with Gasteiger partial charge in [-0.2, -0.15) is 0 Å². The van der Waals surface area contributed by atoms with Crippen LogP contribution in [0, 0.1) is 0 Å². The quantitative estimate of drug-likeness (QED) is 0.703. The molecule has 1 heterocycles. The van der Waals surface area contributed by atoms with E-state index in [-0.39, 0.29) is 12.5 Å². The fourth-order valence-corrected chi connectivity index (χ4v) is 3.55. The maximum atomic E-state index is 12.6. The molecule has 0 fully saturated rings. The van der Waals surface area contributed by atoms with Gasteiger partial charge in [0.1, 0.15) is 6.04 Å². The van der Waals surface area contributed by atoms with E-state index in [1.165, 1.54) is 0 Å². The number of halogens is 2. The minimum absolute atomic E-state index is 0.119. The van der Waals surface area contributed by atoms with Gasteiger partial charge in [-0.05, 0) is 36.8 Å². The van der Waals surface area contributed by atoms with Crippen LogP contribution in [0.15, 0.2) is 46.9 Å². The summed E-state index contributed by atoms with van der Waals surface area (Å²) in [4.78, 5) is 38.7. The molecule has 8 heteroatoms.